The largest absolute Gasteiger partial charge is 0.387 e. The van der Waals surface area contributed by atoms with E-state index >= 15 is 0 Å². The molecule has 0 radical (unpaired) electrons. The summed E-state index contributed by atoms with van der Waals surface area (Å²) in [5.41, 5.74) is 0.186. The van der Waals surface area contributed by atoms with Gasteiger partial charge in [0, 0.05) is 12.3 Å². The fourth-order valence-electron chi connectivity index (χ4n) is 1.92. The highest BCUT2D eigenvalue weighted by molar-refractivity contribution is 8.05. The zero-order valence-electron chi connectivity index (χ0n) is 9.98. The smallest absolute Gasteiger partial charge is 0.380 e. The topological polar surface area (TPSA) is 109 Å². The molecule has 0 bridgehead atoms. The van der Waals surface area contributed by atoms with Gasteiger partial charge in [-0.15, -0.1) is 0 Å². The molecule has 20 heavy (non-hydrogen) atoms. The van der Waals surface area contributed by atoms with E-state index < -0.39 is 30.5 Å². The molecule has 112 valence electrons. The molecule has 0 aromatic carbocycles. The minimum atomic E-state index is -3.74. The summed E-state index contributed by atoms with van der Waals surface area (Å²) in [7, 11) is 0. The van der Waals surface area contributed by atoms with E-state index in [0.717, 1.165) is 0 Å². The van der Waals surface area contributed by atoms with Gasteiger partial charge in [0.2, 0.25) is 5.56 Å². The number of ether oxygens (including phenoxy) is 1. The highest BCUT2D eigenvalue weighted by atomic mass is 35.9. The molecule has 0 amide bonds. The van der Waals surface area contributed by atoms with Gasteiger partial charge in [-0.2, -0.15) is 0 Å². The van der Waals surface area contributed by atoms with Gasteiger partial charge in [0.1, 0.15) is 24.4 Å². The van der Waals surface area contributed by atoms with E-state index in [1.54, 1.807) is 0 Å². The second-order valence-corrected chi connectivity index (χ2v) is 8.55. The van der Waals surface area contributed by atoms with Crippen LogP contribution in [0.1, 0.15) is 11.7 Å². The van der Waals surface area contributed by atoms with E-state index in [-0.39, 0.29) is 12.2 Å². The van der Waals surface area contributed by atoms with Crippen LogP contribution in [0.25, 0.3) is 0 Å². The summed E-state index contributed by atoms with van der Waals surface area (Å²) in [6.07, 6.45) is -6.63. The SMILES string of the molecule is O=c1ccc([C@@H]2O[C@H](COP(=O)(Cl)Cl)[C@H](O)C2O)c[nH]1. The van der Waals surface area contributed by atoms with Crippen molar-refractivity contribution in [2.24, 2.45) is 0 Å². The fourth-order valence-corrected chi connectivity index (χ4v) is 2.58. The third-order valence-electron chi connectivity index (χ3n) is 2.89. The van der Waals surface area contributed by atoms with Gasteiger partial charge in [0.25, 0.3) is 0 Å². The lowest BCUT2D eigenvalue weighted by Crippen LogP contribution is -2.32. The average Bonchev–Trinajstić information content (AvgIpc) is 2.64. The molecule has 3 N–H and O–H groups in total. The lowest BCUT2D eigenvalue weighted by molar-refractivity contribution is -0.0153. The van der Waals surface area contributed by atoms with Crippen LogP contribution in [0.15, 0.2) is 23.1 Å². The first kappa shape index (κ1) is 16.0. The summed E-state index contributed by atoms with van der Waals surface area (Å²) in [4.78, 5) is 13.4. The zero-order chi connectivity index (χ0) is 14.9. The number of hydrogen-bond donors (Lipinski definition) is 3. The number of aromatic amines is 1. The molecular weight excluding hydrogens is 332 g/mol. The van der Waals surface area contributed by atoms with Crippen molar-refractivity contribution in [2.75, 3.05) is 6.61 Å². The molecule has 2 rings (SSSR count). The molecule has 1 saturated heterocycles. The molecule has 4 atom stereocenters. The minimum absolute atomic E-state index is 0.299. The number of aliphatic hydroxyl groups excluding tert-OH is 2. The van der Waals surface area contributed by atoms with Crippen molar-refractivity contribution >= 4 is 28.6 Å². The Bertz CT molecular complexity index is 555. The van der Waals surface area contributed by atoms with Gasteiger partial charge in [0.15, 0.2) is 0 Å². The van der Waals surface area contributed by atoms with E-state index in [9.17, 15) is 19.6 Å². The molecule has 1 aromatic rings. The number of aliphatic hydroxyl groups is 2. The van der Waals surface area contributed by atoms with Gasteiger partial charge in [-0.1, -0.05) is 0 Å². The van der Waals surface area contributed by atoms with Crippen molar-refractivity contribution in [1.29, 1.82) is 0 Å². The maximum absolute atomic E-state index is 11.0. The van der Waals surface area contributed by atoms with Crippen LogP contribution >= 0.6 is 28.6 Å². The molecule has 0 spiro atoms. The second-order valence-electron chi connectivity index (χ2n) is 4.27. The predicted molar refractivity (Wildman–Crippen MR) is 72.0 cm³/mol. The van der Waals surface area contributed by atoms with Crippen molar-refractivity contribution in [3.8, 4) is 0 Å². The van der Waals surface area contributed by atoms with Gasteiger partial charge < -0.3 is 24.5 Å². The summed E-state index contributed by atoms with van der Waals surface area (Å²) < 4.78 is 21.1. The lowest BCUT2D eigenvalue weighted by Gasteiger charge is -2.14. The standard InChI is InChI=1S/C10H12Cl2NO6P/c11-20(12,17)18-4-6-8(15)9(16)10(19-6)5-1-2-7(14)13-3-5/h1-3,6,8-10,15-16H,4H2,(H,13,14)/t6-,8+,9?,10+/m1/s1. The molecule has 0 aliphatic carbocycles. The summed E-state index contributed by atoms with van der Waals surface area (Å²) >= 11 is 10.5. The third-order valence-corrected chi connectivity index (χ3v) is 3.92. The van der Waals surface area contributed by atoms with Crippen molar-refractivity contribution in [2.45, 2.75) is 24.4 Å². The van der Waals surface area contributed by atoms with Gasteiger partial charge in [-0.25, -0.2) is 0 Å². The predicted octanol–water partition coefficient (Wildman–Crippen LogP) is 1.14. The normalized spacial score (nSPS) is 30.6. The van der Waals surface area contributed by atoms with Crippen LogP contribution in [0.5, 0.6) is 0 Å². The Balaban J connectivity index is 2.08. The number of pyridine rings is 1. The van der Waals surface area contributed by atoms with Crippen molar-refractivity contribution in [3.05, 3.63) is 34.2 Å². The van der Waals surface area contributed by atoms with Gasteiger partial charge in [-0.3, -0.25) is 9.36 Å². The number of hydrogen-bond acceptors (Lipinski definition) is 6. The molecular formula is C10H12Cl2NO6P. The van der Waals surface area contributed by atoms with E-state index in [4.69, 9.17) is 27.2 Å². The van der Waals surface area contributed by atoms with Crippen LogP contribution in [0.4, 0.5) is 0 Å². The van der Waals surface area contributed by atoms with Crippen LogP contribution < -0.4 is 5.56 Å². The summed E-state index contributed by atoms with van der Waals surface area (Å²) in [5.74, 6) is 0. The molecule has 1 unspecified atom stereocenters. The monoisotopic (exact) mass is 343 g/mol. The molecule has 10 heteroatoms. The summed E-state index contributed by atoms with van der Waals surface area (Å²) in [6.45, 7) is -0.331. The molecule has 1 aliphatic heterocycles. The molecule has 1 aromatic heterocycles. The first-order valence-corrected chi connectivity index (χ1v) is 9.05. The van der Waals surface area contributed by atoms with E-state index in [1.165, 1.54) is 18.3 Å². The van der Waals surface area contributed by atoms with E-state index in [2.05, 4.69) is 9.51 Å². The number of aromatic nitrogens is 1. The van der Waals surface area contributed by atoms with Gasteiger partial charge >= 0.3 is 6.07 Å². The van der Waals surface area contributed by atoms with Crippen LogP contribution in [-0.4, -0.2) is 40.1 Å². The Kier molecular flexibility index (Phi) is 4.92. The average molecular weight is 344 g/mol. The van der Waals surface area contributed by atoms with E-state index in [0.29, 0.717) is 5.56 Å². The molecule has 1 fully saturated rings. The molecule has 1 aliphatic rings. The zero-order valence-corrected chi connectivity index (χ0v) is 12.4. The number of nitrogens with one attached hydrogen (secondary N) is 1. The van der Waals surface area contributed by atoms with Gasteiger partial charge in [-0.05, 0) is 34.1 Å². The summed E-state index contributed by atoms with van der Waals surface area (Å²) in [5, 5.41) is 19.8. The van der Waals surface area contributed by atoms with Crippen molar-refractivity contribution in [1.82, 2.24) is 4.98 Å². The van der Waals surface area contributed by atoms with Crippen LogP contribution in [0.3, 0.4) is 0 Å². The number of H-pyrrole nitrogens is 1. The quantitative estimate of drug-likeness (QED) is 0.707. The molecule has 0 saturated carbocycles. The Labute approximate surface area is 123 Å². The molecule has 2 heterocycles. The number of rotatable bonds is 4. The number of halogens is 2. The fraction of sp³-hybridized carbons (Fsp3) is 0.500. The van der Waals surface area contributed by atoms with Crippen LogP contribution in [-0.2, 0) is 13.8 Å². The van der Waals surface area contributed by atoms with Crippen LogP contribution in [0.2, 0.25) is 0 Å². The second kappa shape index (κ2) is 6.15. The lowest BCUT2D eigenvalue weighted by atomic mass is 10.0. The third kappa shape index (κ3) is 3.83. The van der Waals surface area contributed by atoms with Crippen LogP contribution in [0, 0.1) is 0 Å². The molecule has 7 nitrogen and oxygen atoms in total. The maximum atomic E-state index is 11.0. The highest BCUT2D eigenvalue weighted by Crippen LogP contribution is 2.57. The Morgan fingerprint density at radius 1 is 1.35 bits per heavy atom. The Morgan fingerprint density at radius 3 is 2.60 bits per heavy atom. The Morgan fingerprint density at radius 2 is 2.05 bits per heavy atom. The highest BCUT2D eigenvalue weighted by Gasteiger charge is 2.44. The van der Waals surface area contributed by atoms with Crippen molar-refractivity contribution in [3.63, 3.8) is 0 Å². The minimum Gasteiger partial charge on any atom is -0.387 e. The van der Waals surface area contributed by atoms with Crippen molar-refractivity contribution < 1.29 is 24.0 Å². The van der Waals surface area contributed by atoms with E-state index in [1.807, 2.05) is 0 Å². The maximum Gasteiger partial charge on any atom is 0.380 e. The first-order valence-electron chi connectivity index (χ1n) is 5.62. The Hall–Kier alpha value is -0.400. The van der Waals surface area contributed by atoms with Gasteiger partial charge in [0.05, 0.1) is 6.61 Å². The first-order chi connectivity index (χ1) is 9.28. The summed E-state index contributed by atoms with van der Waals surface area (Å²) in [6, 6.07) is 2.74.